The van der Waals surface area contributed by atoms with Gasteiger partial charge in [-0.05, 0) is 56.3 Å². The zero-order chi connectivity index (χ0) is 21.6. The lowest BCUT2D eigenvalue weighted by Crippen LogP contribution is -2.47. The fourth-order valence-electron chi connectivity index (χ4n) is 2.24. The van der Waals surface area contributed by atoms with Gasteiger partial charge in [0.05, 0.1) is 0 Å². The average Bonchev–Trinajstić information content (AvgIpc) is 2.60. The molecular formula is C19H19Cl2N3O5. The molecule has 0 fully saturated rings. The van der Waals surface area contributed by atoms with Gasteiger partial charge in [0.15, 0.2) is 5.60 Å². The van der Waals surface area contributed by atoms with Gasteiger partial charge in [0.2, 0.25) is 0 Å². The molecule has 0 spiro atoms. The number of ether oxygens (including phenoxy) is 1. The largest absolute Gasteiger partial charge is 0.480 e. The lowest BCUT2D eigenvalue weighted by Gasteiger charge is -2.25. The highest BCUT2D eigenvalue weighted by atomic mass is 35.5. The standard InChI is InChI=1S/C19H19Cl2N3O5/c1-19(2,17(27)22-10-16(25)26)29-15-5-3-13(4-6-15)23-18(28)24-14-8-11(20)7-12(21)9-14/h3-9H,10H2,1-2H3,(H,22,27)(H,25,26)(H2,23,24,28). The van der Waals surface area contributed by atoms with Crippen LogP contribution in [0.2, 0.25) is 10.0 Å². The Morgan fingerprint density at radius 3 is 2.07 bits per heavy atom. The molecule has 3 amide bonds. The van der Waals surface area contributed by atoms with Crippen molar-refractivity contribution in [3.8, 4) is 5.75 Å². The zero-order valence-electron chi connectivity index (χ0n) is 15.6. The number of amides is 3. The van der Waals surface area contributed by atoms with Crippen molar-refractivity contribution in [3.05, 3.63) is 52.5 Å². The molecule has 0 radical (unpaired) electrons. The number of carbonyl (C=O) groups excluding carboxylic acids is 2. The van der Waals surface area contributed by atoms with E-state index in [9.17, 15) is 14.4 Å². The number of anilines is 2. The molecule has 0 heterocycles. The summed E-state index contributed by atoms with van der Waals surface area (Å²) in [6.45, 7) is 2.53. The Hall–Kier alpha value is -2.97. The molecule has 0 atom stereocenters. The Morgan fingerprint density at radius 2 is 1.52 bits per heavy atom. The molecule has 8 nitrogen and oxygen atoms in total. The van der Waals surface area contributed by atoms with E-state index in [-0.39, 0.29) is 0 Å². The Morgan fingerprint density at radius 1 is 0.966 bits per heavy atom. The van der Waals surface area contributed by atoms with Crippen LogP contribution in [0.15, 0.2) is 42.5 Å². The van der Waals surface area contributed by atoms with Crippen LogP contribution in [0.25, 0.3) is 0 Å². The van der Waals surface area contributed by atoms with Crippen molar-refractivity contribution in [1.29, 1.82) is 0 Å². The van der Waals surface area contributed by atoms with Crippen molar-refractivity contribution in [3.63, 3.8) is 0 Å². The van der Waals surface area contributed by atoms with Crippen molar-refractivity contribution in [2.45, 2.75) is 19.4 Å². The first kappa shape index (κ1) is 22.3. The van der Waals surface area contributed by atoms with E-state index in [1.807, 2.05) is 0 Å². The van der Waals surface area contributed by atoms with Gasteiger partial charge in [0.25, 0.3) is 5.91 Å². The summed E-state index contributed by atoms with van der Waals surface area (Å²) in [7, 11) is 0. The predicted octanol–water partition coefficient (Wildman–Crippen LogP) is 4.00. The molecule has 154 valence electrons. The van der Waals surface area contributed by atoms with Gasteiger partial charge in [-0.15, -0.1) is 0 Å². The third-order valence-electron chi connectivity index (χ3n) is 3.55. The molecule has 0 aliphatic carbocycles. The second-order valence-corrected chi connectivity index (χ2v) is 7.32. The lowest BCUT2D eigenvalue weighted by molar-refractivity contribution is -0.141. The predicted molar refractivity (Wildman–Crippen MR) is 111 cm³/mol. The first-order valence-electron chi connectivity index (χ1n) is 8.38. The van der Waals surface area contributed by atoms with Crippen LogP contribution in [0.1, 0.15) is 13.8 Å². The first-order valence-corrected chi connectivity index (χ1v) is 9.14. The van der Waals surface area contributed by atoms with Gasteiger partial charge in [-0.2, -0.15) is 0 Å². The smallest absolute Gasteiger partial charge is 0.323 e. The van der Waals surface area contributed by atoms with Crippen LogP contribution < -0.4 is 20.7 Å². The van der Waals surface area contributed by atoms with Crippen LogP contribution in [0, 0.1) is 0 Å². The van der Waals surface area contributed by atoms with Crippen molar-refractivity contribution < 1.29 is 24.2 Å². The van der Waals surface area contributed by atoms with Gasteiger partial charge >= 0.3 is 12.0 Å². The highest BCUT2D eigenvalue weighted by Crippen LogP contribution is 2.23. The highest BCUT2D eigenvalue weighted by Gasteiger charge is 2.30. The number of halogens is 2. The Balaban J connectivity index is 1.94. The van der Waals surface area contributed by atoms with Crippen LogP contribution in [-0.2, 0) is 9.59 Å². The maximum atomic E-state index is 12.1. The summed E-state index contributed by atoms with van der Waals surface area (Å²) in [6.07, 6.45) is 0. The molecule has 2 rings (SSSR count). The number of carbonyl (C=O) groups is 3. The van der Waals surface area contributed by atoms with Gasteiger partial charge < -0.3 is 25.8 Å². The molecule has 2 aromatic carbocycles. The van der Waals surface area contributed by atoms with Crippen LogP contribution in [0.3, 0.4) is 0 Å². The number of rotatable bonds is 7. The first-order chi connectivity index (χ1) is 13.5. The van der Waals surface area contributed by atoms with Gasteiger partial charge in [-0.1, -0.05) is 23.2 Å². The van der Waals surface area contributed by atoms with E-state index in [2.05, 4.69) is 16.0 Å². The van der Waals surface area contributed by atoms with Crippen LogP contribution >= 0.6 is 23.2 Å². The Bertz CT molecular complexity index is 896. The van der Waals surface area contributed by atoms with Crippen LogP contribution in [0.4, 0.5) is 16.2 Å². The monoisotopic (exact) mass is 439 g/mol. The van der Waals surface area contributed by atoms with E-state index < -0.39 is 30.1 Å². The molecular weight excluding hydrogens is 421 g/mol. The number of hydrogen-bond donors (Lipinski definition) is 4. The van der Waals surface area contributed by atoms with Crippen molar-refractivity contribution in [2.24, 2.45) is 0 Å². The number of carboxylic acid groups (broad SMARTS) is 1. The van der Waals surface area contributed by atoms with Gasteiger partial charge in [-0.3, -0.25) is 9.59 Å². The molecule has 0 aliphatic rings. The molecule has 0 saturated carbocycles. The van der Waals surface area contributed by atoms with Crippen molar-refractivity contribution in [1.82, 2.24) is 5.32 Å². The zero-order valence-corrected chi connectivity index (χ0v) is 17.1. The maximum absolute atomic E-state index is 12.1. The summed E-state index contributed by atoms with van der Waals surface area (Å²) in [5, 5.41) is 16.9. The number of hydrogen-bond acceptors (Lipinski definition) is 4. The molecule has 0 bridgehead atoms. The van der Waals surface area contributed by atoms with Gasteiger partial charge in [0, 0.05) is 21.4 Å². The average molecular weight is 440 g/mol. The molecule has 2 aromatic rings. The Labute approximate surface area is 177 Å². The summed E-state index contributed by atoms with van der Waals surface area (Å²) in [5.41, 5.74) is -0.363. The molecule has 0 unspecified atom stereocenters. The van der Waals surface area contributed by atoms with Gasteiger partial charge in [0.1, 0.15) is 12.3 Å². The number of benzene rings is 2. The minimum absolute atomic E-state index is 0.369. The Kier molecular flexibility index (Phi) is 7.30. The van der Waals surface area contributed by atoms with E-state index in [1.165, 1.54) is 13.8 Å². The quantitative estimate of drug-likeness (QED) is 0.520. The highest BCUT2D eigenvalue weighted by molar-refractivity contribution is 6.35. The lowest BCUT2D eigenvalue weighted by atomic mass is 10.1. The number of carboxylic acids is 1. The van der Waals surface area contributed by atoms with Crippen LogP contribution in [0.5, 0.6) is 5.75 Å². The summed E-state index contributed by atoms with van der Waals surface area (Å²) in [6, 6.07) is 10.5. The number of aliphatic carboxylic acids is 1. The van der Waals surface area contributed by atoms with E-state index in [0.29, 0.717) is 27.2 Å². The molecule has 0 aliphatic heterocycles. The third-order valence-corrected chi connectivity index (χ3v) is 3.99. The topological polar surface area (TPSA) is 117 Å². The van der Waals surface area contributed by atoms with E-state index in [1.54, 1.807) is 42.5 Å². The second-order valence-electron chi connectivity index (χ2n) is 6.45. The fourth-order valence-corrected chi connectivity index (χ4v) is 2.76. The van der Waals surface area contributed by atoms with Crippen molar-refractivity contribution >= 4 is 52.5 Å². The molecule has 0 saturated heterocycles. The molecule has 29 heavy (non-hydrogen) atoms. The summed E-state index contributed by atoms with van der Waals surface area (Å²) in [5.74, 6) is -1.35. The van der Waals surface area contributed by atoms with E-state index >= 15 is 0 Å². The van der Waals surface area contributed by atoms with Gasteiger partial charge in [-0.25, -0.2) is 4.79 Å². The SMILES string of the molecule is CC(C)(Oc1ccc(NC(=O)Nc2cc(Cl)cc(Cl)c2)cc1)C(=O)NCC(=O)O. The minimum Gasteiger partial charge on any atom is -0.480 e. The third kappa shape index (κ3) is 7.17. The normalized spacial score (nSPS) is 10.8. The molecule has 0 aromatic heterocycles. The minimum atomic E-state index is -1.28. The summed E-state index contributed by atoms with van der Waals surface area (Å²) < 4.78 is 5.62. The van der Waals surface area contributed by atoms with E-state index in [0.717, 1.165) is 0 Å². The van der Waals surface area contributed by atoms with E-state index in [4.69, 9.17) is 33.0 Å². The summed E-state index contributed by atoms with van der Waals surface area (Å²) in [4.78, 5) is 34.7. The van der Waals surface area contributed by atoms with Crippen LogP contribution in [-0.4, -0.2) is 35.2 Å². The second kappa shape index (κ2) is 9.49. The fraction of sp³-hybridized carbons (Fsp3) is 0.211. The summed E-state index contributed by atoms with van der Waals surface area (Å²) >= 11 is 11.8. The number of nitrogens with one attached hydrogen (secondary N) is 3. The maximum Gasteiger partial charge on any atom is 0.323 e. The van der Waals surface area contributed by atoms with Crippen molar-refractivity contribution in [2.75, 3.05) is 17.2 Å². The molecule has 4 N–H and O–H groups in total. The number of urea groups is 1. The molecule has 10 heteroatoms.